The maximum absolute atomic E-state index is 13.0. The van der Waals surface area contributed by atoms with Crippen LogP contribution < -0.4 is 4.74 Å². The fourth-order valence-electron chi connectivity index (χ4n) is 4.50. The third-order valence-electron chi connectivity index (χ3n) is 6.34. The molecule has 0 atom stereocenters. The van der Waals surface area contributed by atoms with Crippen LogP contribution >= 0.6 is 23.1 Å². The summed E-state index contributed by atoms with van der Waals surface area (Å²) in [6, 6.07) is 22.8. The molecule has 4 aromatic carbocycles. The van der Waals surface area contributed by atoms with E-state index in [9.17, 15) is 19.5 Å². The van der Waals surface area contributed by atoms with E-state index in [-0.39, 0.29) is 32.5 Å². The van der Waals surface area contributed by atoms with Gasteiger partial charge in [0, 0.05) is 20.5 Å². The van der Waals surface area contributed by atoms with Gasteiger partial charge in [-0.1, -0.05) is 90.2 Å². The van der Waals surface area contributed by atoms with Crippen LogP contribution in [0, 0.1) is 0 Å². The molecule has 1 aromatic heterocycles. The Morgan fingerprint density at radius 3 is 2.22 bits per heavy atom. The lowest BCUT2D eigenvalue weighted by Crippen LogP contribution is -2.17. The second-order valence-corrected chi connectivity index (χ2v) is 10.5. The SMILES string of the molecule is O=C1Sc2c(ccc3ccccc23)C(=O)/C1=C/C=CC=Cc1c(O)c2ccc3ccccc3c2sc1=O. The molecule has 1 aliphatic heterocycles. The molecule has 1 N–H and O–H groups in total. The van der Waals surface area contributed by atoms with E-state index in [1.807, 2.05) is 66.7 Å². The van der Waals surface area contributed by atoms with E-state index in [0.717, 1.165) is 49.3 Å². The van der Waals surface area contributed by atoms with Crippen molar-refractivity contribution in [1.82, 2.24) is 0 Å². The van der Waals surface area contributed by atoms with Crippen molar-refractivity contribution >= 4 is 71.7 Å². The molecule has 0 radical (unpaired) electrons. The highest BCUT2D eigenvalue weighted by molar-refractivity contribution is 8.14. The van der Waals surface area contributed by atoms with E-state index in [1.165, 1.54) is 6.08 Å². The zero-order chi connectivity index (χ0) is 25.5. The molecule has 0 aliphatic carbocycles. The van der Waals surface area contributed by atoms with E-state index in [1.54, 1.807) is 30.4 Å². The average molecular weight is 519 g/mol. The molecule has 0 fully saturated rings. The Balaban J connectivity index is 1.29. The lowest BCUT2D eigenvalue weighted by atomic mass is 9.99. The summed E-state index contributed by atoms with van der Waals surface area (Å²) in [5.41, 5.74) is 0.820. The maximum Gasteiger partial charge on any atom is 0.243 e. The topological polar surface area (TPSA) is 71.4 Å². The highest BCUT2D eigenvalue weighted by Gasteiger charge is 2.30. The van der Waals surface area contributed by atoms with Crippen LogP contribution in [0.3, 0.4) is 0 Å². The molecule has 4 nitrogen and oxygen atoms in total. The minimum absolute atomic E-state index is 0.0645. The number of aromatic hydroxyl groups is 1. The molecule has 0 spiro atoms. The number of Topliss-reactive ketones (excluding diaryl/α,β-unsaturated/α-hetero) is 1. The van der Waals surface area contributed by atoms with Crippen molar-refractivity contribution in [3.8, 4) is 5.75 Å². The smallest absolute Gasteiger partial charge is 0.243 e. The van der Waals surface area contributed by atoms with Gasteiger partial charge in [0.15, 0.2) is 5.78 Å². The van der Waals surface area contributed by atoms with Crippen LogP contribution in [0.1, 0.15) is 15.9 Å². The number of fused-ring (bicyclic) bond motifs is 6. The van der Waals surface area contributed by atoms with Crippen molar-refractivity contribution in [2.24, 2.45) is 0 Å². The number of hydrogen-bond donors (Lipinski definition) is 1. The molecular weight excluding hydrogens is 500 g/mol. The zero-order valence-corrected chi connectivity index (χ0v) is 20.9. The minimum Gasteiger partial charge on any atom is -0.506 e. The Labute approximate surface area is 219 Å². The van der Waals surface area contributed by atoms with Crippen LogP contribution in [0.25, 0.3) is 37.7 Å². The van der Waals surface area contributed by atoms with Crippen LogP contribution in [-0.2, 0) is 4.79 Å². The first-order chi connectivity index (χ1) is 18.0. The molecule has 0 amide bonds. The second-order valence-electron chi connectivity index (χ2n) is 8.52. The number of allylic oxidation sites excluding steroid dienone is 4. The molecule has 1 aliphatic rings. The summed E-state index contributed by atoms with van der Waals surface area (Å²) in [6.07, 6.45) is 7.86. The summed E-state index contributed by atoms with van der Waals surface area (Å²) >= 11 is 2.17. The first-order valence-corrected chi connectivity index (χ1v) is 13.2. The monoisotopic (exact) mass is 518 g/mol. The largest absolute Gasteiger partial charge is 0.506 e. The van der Waals surface area contributed by atoms with E-state index in [4.69, 9.17) is 0 Å². The van der Waals surface area contributed by atoms with Gasteiger partial charge in [-0.3, -0.25) is 14.4 Å². The van der Waals surface area contributed by atoms with Crippen molar-refractivity contribution in [1.29, 1.82) is 0 Å². The van der Waals surface area contributed by atoms with Gasteiger partial charge in [-0.2, -0.15) is 0 Å². The van der Waals surface area contributed by atoms with Gasteiger partial charge in [0.1, 0.15) is 5.75 Å². The predicted molar refractivity (Wildman–Crippen MR) is 153 cm³/mol. The van der Waals surface area contributed by atoms with Crippen LogP contribution in [0.15, 0.2) is 112 Å². The summed E-state index contributed by atoms with van der Waals surface area (Å²) in [7, 11) is 0. The summed E-state index contributed by atoms with van der Waals surface area (Å²) in [4.78, 5) is 39.3. The van der Waals surface area contributed by atoms with E-state index < -0.39 is 0 Å². The van der Waals surface area contributed by atoms with Crippen molar-refractivity contribution < 1.29 is 14.7 Å². The Kier molecular flexibility index (Phi) is 5.83. The Morgan fingerprint density at radius 1 is 0.703 bits per heavy atom. The van der Waals surface area contributed by atoms with Crippen molar-refractivity contribution in [3.05, 3.63) is 123 Å². The highest BCUT2D eigenvalue weighted by Crippen LogP contribution is 2.39. The lowest BCUT2D eigenvalue weighted by Gasteiger charge is -2.17. The summed E-state index contributed by atoms with van der Waals surface area (Å²) < 4.78 is 0.500. The molecule has 5 aromatic rings. The van der Waals surface area contributed by atoms with Gasteiger partial charge in [-0.25, -0.2) is 0 Å². The van der Waals surface area contributed by atoms with Gasteiger partial charge in [-0.05, 0) is 57.6 Å². The number of benzene rings is 4. The molecular formula is C31H18O4S2. The number of thioether (sulfide) groups is 1. The van der Waals surface area contributed by atoms with Crippen molar-refractivity contribution in [3.63, 3.8) is 0 Å². The summed E-state index contributed by atoms with van der Waals surface area (Å²) in [6.45, 7) is 0. The first-order valence-electron chi connectivity index (χ1n) is 11.5. The van der Waals surface area contributed by atoms with Gasteiger partial charge >= 0.3 is 0 Å². The number of hydrogen-bond acceptors (Lipinski definition) is 6. The molecule has 2 heterocycles. The van der Waals surface area contributed by atoms with E-state index in [2.05, 4.69) is 0 Å². The van der Waals surface area contributed by atoms with Crippen LogP contribution in [0.4, 0.5) is 0 Å². The fourth-order valence-corrected chi connectivity index (χ4v) is 6.56. The fraction of sp³-hybridized carbons (Fsp3) is 0. The van der Waals surface area contributed by atoms with Gasteiger partial charge < -0.3 is 5.11 Å². The third-order valence-corrected chi connectivity index (χ3v) is 8.43. The van der Waals surface area contributed by atoms with Crippen LogP contribution in [0.5, 0.6) is 5.75 Å². The van der Waals surface area contributed by atoms with E-state index >= 15 is 0 Å². The predicted octanol–water partition coefficient (Wildman–Crippen LogP) is 7.28. The van der Waals surface area contributed by atoms with Gasteiger partial charge in [0.2, 0.25) is 9.86 Å². The third kappa shape index (κ3) is 4.00. The summed E-state index contributed by atoms with van der Waals surface area (Å²) in [5, 5.41) is 14.9. The quantitative estimate of drug-likeness (QED) is 0.118. The van der Waals surface area contributed by atoms with Crippen LogP contribution in [-0.4, -0.2) is 16.0 Å². The molecule has 6 rings (SSSR count). The Bertz CT molecular complexity index is 1930. The van der Waals surface area contributed by atoms with Gasteiger partial charge in [0.25, 0.3) is 0 Å². The second kappa shape index (κ2) is 9.32. The standard InChI is InChI=1S/C31H18O4S2/c32-26-22-16-14-18-8-4-6-10-20(18)28(22)36-30(34)24(26)12-2-1-3-13-25-27(33)23-17-15-19-9-5-7-11-21(19)29(23)37-31(25)35/h1-17,32H/b3-1?,12-2?,25-13-. The molecule has 0 bridgehead atoms. The molecule has 0 saturated carbocycles. The Morgan fingerprint density at radius 2 is 1.41 bits per heavy atom. The first kappa shape index (κ1) is 23.2. The van der Waals surface area contributed by atoms with Gasteiger partial charge in [0.05, 0.1) is 11.1 Å². The van der Waals surface area contributed by atoms with E-state index in [0.29, 0.717) is 15.8 Å². The van der Waals surface area contributed by atoms with Crippen molar-refractivity contribution in [2.75, 3.05) is 0 Å². The van der Waals surface area contributed by atoms with Gasteiger partial charge in [-0.15, -0.1) is 0 Å². The average Bonchev–Trinajstić information content (AvgIpc) is 2.91. The molecule has 0 saturated heterocycles. The summed E-state index contributed by atoms with van der Waals surface area (Å²) in [5.74, 6) is -0.369. The highest BCUT2D eigenvalue weighted by atomic mass is 32.2. The number of carbonyl (C=O) groups is 2. The molecule has 37 heavy (non-hydrogen) atoms. The molecule has 6 heteroatoms. The van der Waals surface area contributed by atoms with Crippen LogP contribution in [0.2, 0.25) is 0 Å². The Hall–Kier alpha value is -4.26. The normalized spacial score (nSPS) is 15.1. The number of rotatable bonds is 3. The number of carbonyl (C=O) groups excluding carboxylic acids is 2. The number of ketones is 1. The lowest BCUT2D eigenvalue weighted by molar-refractivity contribution is -0.107. The molecule has 0 unspecified atom stereocenters. The zero-order valence-electron chi connectivity index (χ0n) is 19.3. The maximum atomic E-state index is 13.0. The molecule has 178 valence electrons. The minimum atomic E-state index is -0.304. The van der Waals surface area contributed by atoms with Crippen molar-refractivity contribution in [2.45, 2.75) is 4.90 Å².